The lowest BCUT2D eigenvalue weighted by Gasteiger charge is -2.13. The van der Waals surface area contributed by atoms with Gasteiger partial charge in [-0.2, -0.15) is 10.5 Å². The van der Waals surface area contributed by atoms with Gasteiger partial charge in [0, 0.05) is 26.0 Å². The third kappa shape index (κ3) is 4.22. The lowest BCUT2D eigenvalue weighted by Crippen LogP contribution is -2.11. The molecule has 96 valence electrons. The minimum Gasteiger partial charge on any atom is -0.376 e. The van der Waals surface area contributed by atoms with E-state index in [1.807, 2.05) is 43.3 Å². The number of benzene rings is 1. The second-order valence-electron chi connectivity index (χ2n) is 4.23. The minimum absolute atomic E-state index is 0.0901. The molecule has 4 nitrogen and oxygen atoms in total. The summed E-state index contributed by atoms with van der Waals surface area (Å²) in [5.74, 6) is 0. The Balaban J connectivity index is 2.89. The standard InChI is InChI=1S/C15H16N4/c1-12-5-4-6-14(9-12)18-8-7-15(19(2)3)13(10-16)11-17/h4-9,18H,1-3H3. The number of rotatable bonds is 4. The molecule has 0 aliphatic heterocycles. The third-order valence-corrected chi connectivity index (χ3v) is 2.47. The summed E-state index contributed by atoms with van der Waals surface area (Å²) in [5.41, 5.74) is 2.79. The van der Waals surface area contributed by atoms with Crippen molar-refractivity contribution in [3.63, 3.8) is 0 Å². The van der Waals surface area contributed by atoms with E-state index in [0.717, 1.165) is 11.3 Å². The van der Waals surface area contributed by atoms with Crippen LogP contribution >= 0.6 is 0 Å². The molecule has 0 aliphatic rings. The van der Waals surface area contributed by atoms with Crippen molar-refractivity contribution < 1.29 is 0 Å². The molecule has 1 rings (SSSR count). The molecule has 0 aromatic heterocycles. The van der Waals surface area contributed by atoms with Crippen LogP contribution in [0.4, 0.5) is 5.69 Å². The number of hydrogen-bond donors (Lipinski definition) is 1. The molecular weight excluding hydrogens is 236 g/mol. The van der Waals surface area contributed by atoms with E-state index in [2.05, 4.69) is 5.32 Å². The van der Waals surface area contributed by atoms with Crippen molar-refractivity contribution in [2.45, 2.75) is 6.92 Å². The number of hydrogen-bond acceptors (Lipinski definition) is 4. The first-order chi connectivity index (χ1) is 9.08. The number of nitrogens with one attached hydrogen (secondary N) is 1. The number of aryl methyl sites for hydroxylation is 1. The fourth-order valence-electron chi connectivity index (χ4n) is 1.55. The van der Waals surface area contributed by atoms with Crippen molar-refractivity contribution in [3.05, 3.63) is 53.4 Å². The van der Waals surface area contributed by atoms with Crippen LogP contribution < -0.4 is 5.32 Å². The monoisotopic (exact) mass is 252 g/mol. The molecule has 0 spiro atoms. The first-order valence-electron chi connectivity index (χ1n) is 5.80. The smallest absolute Gasteiger partial charge is 0.152 e. The Hall–Kier alpha value is -2.72. The molecular formula is C15H16N4. The molecule has 1 N–H and O–H groups in total. The first kappa shape index (κ1) is 14.3. The maximum atomic E-state index is 8.89. The molecule has 0 unspecified atom stereocenters. The summed E-state index contributed by atoms with van der Waals surface area (Å²) >= 11 is 0. The Labute approximate surface area is 113 Å². The maximum absolute atomic E-state index is 8.89. The number of anilines is 1. The van der Waals surface area contributed by atoms with Crippen LogP contribution in [0, 0.1) is 29.6 Å². The molecule has 0 heterocycles. The van der Waals surface area contributed by atoms with Gasteiger partial charge in [0.25, 0.3) is 0 Å². The van der Waals surface area contributed by atoms with Crippen molar-refractivity contribution in [2.75, 3.05) is 19.4 Å². The fraction of sp³-hybridized carbons (Fsp3) is 0.200. The largest absolute Gasteiger partial charge is 0.376 e. The molecule has 0 saturated carbocycles. The molecule has 0 bridgehead atoms. The summed E-state index contributed by atoms with van der Waals surface area (Å²) in [5, 5.41) is 20.9. The molecule has 4 heteroatoms. The van der Waals surface area contributed by atoms with E-state index < -0.39 is 0 Å². The Morgan fingerprint density at radius 1 is 1.26 bits per heavy atom. The van der Waals surface area contributed by atoms with Crippen molar-refractivity contribution >= 4 is 5.69 Å². The predicted molar refractivity (Wildman–Crippen MR) is 75.9 cm³/mol. The van der Waals surface area contributed by atoms with Gasteiger partial charge >= 0.3 is 0 Å². The summed E-state index contributed by atoms with van der Waals surface area (Å²) in [6.45, 7) is 2.02. The van der Waals surface area contributed by atoms with Crippen molar-refractivity contribution in [3.8, 4) is 12.1 Å². The maximum Gasteiger partial charge on any atom is 0.152 e. The Bertz CT molecular complexity index is 567. The highest BCUT2D eigenvalue weighted by Crippen LogP contribution is 2.11. The van der Waals surface area contributed by atoms with E-state index in [4.69, 9.17) is 10.5 Å². The SMILES string of the molecule is Cc1cccc(NC=CC(=C(C#N)C#N)N(C)C)c1. The number of nitrogens with zero attached hydrogens (tertiary/aromatic N) is 3. The van der Waals surface area contributed by atoms with Crippen LogP contribution in [0.15, 0.2) is 47.8 Å². The van der Waals surface area contributed by atoms with Crippen molar-refractivity contribution in [1.82, 2.24) is 4.90 Å². The third-order valence-electron chi connectivity index (χ3n) is 2.47. The highest BCUT2D eigenvalue weighted by molar-refractivity contribution is 5.49. The second kappa shape index (κ2) is 6.88. The molecule has 1 aromatic rings. The fourth-order valence-corrected chi connectivity index (χ4v) is 1.55. The predicted octanol–water partition coefficient (Wildman–Crippen LogP) is 2.78. The first-order valence-corrected chi connectivity index (χ1v) is 5.80. The molecule has 0 amide bonds. The van der Waals surface area contributed by atoms with E-state index in [0.29, 0.717) is 5.70 Å². The van der Waals surface area contributed by atoms with Gasteiger partial charge in [-0.1, -0.05) is 12.1 Å². The van der Waals surface area contributed by atoms with Gasteiger partial charge in [0.15, 0.2) is 5.57 Å². The van der Waals surface area contributed by atoms with Gasteiger partial charge < -0.3 is 10.2 Å². The van der Waals surface area contributed by atoms with E-state index in [1.54, 1.807) is 31.3 Å². The highest BCUT2D eigenvalue weighted by Gasteiger charge is 2.04. The average Bonchev–Trinajstić information content (AvgIpc) is 2.38. The van der Waals surface area contributed by atoms with Gasteiger partial charge in [-0.25, -0.2) is 0 Å². The molecule has 0 radical (unpaired) electrons. The zero-order chi connectivity index (χ0) is 14.3. The molecule has 0 fully saturated rings. The van der Waals surface area contributed by atoms with Crippen LogP contribution in [0.3, 0.4) is 0 Å². The van der Waals surface area contributed by atoms with E-state index in [1.165, 1.54) is 0 Å². The molecule has 19 heavy (non-hydrogen) atoms. The van der Waals surface area contributed by atoms with Crippen LogP contribution in [-0.2, 0) is 0 Å². The highest BCUT2D eigenvalue weighted by atomic mass is 15.1. The summed E-state index contributed by atoms with van der Waals surface area (Å²) in [6, 6.07) is 11.7. The quantitative estimate of drug-likeness (QED) is 0.661. The van der Waals surface area contributed by atoms with E-state index in [9.17, 15) is 0 Å². The number of likely N-dealkylation sites (N-methyl/N-ethyl adjacent to an activating group) is 1. The van der Waals surface area contributed by atoms with Gasteiger partial charge in [-0.15, -0.1) is 0 Å². The van der Waals surface area contributed by atoms with Crippen LogP contribution in [-0.4, -0.2) is 19.0 Å². The van der Waals surface area contributed by atoms with Gasteiger partial charge in [0.05, 0.1) is 5.70 Å². The van der Waals surface area contributed by atoms with Crippen LogP contribution in [0.25, 0.3) is 0 Å². The molecule has 0 aliphatic carbocycles. The van der Waals surface area contributed by atoms with Gasteiger partial charge in [-0.3, -0.25) is 0 Å². The Morgan fingerprint density at radius 3 is 2.47 bits per heavy atom. The van der Waals surface area contributed by atoms with Gasteiger partial charge in [-0.05, 0) is 30.7 Å². The summed E-state index contributed by atoms with van der Waals surface area (Å²) in [4.78, 5) is 1.73. The second-order valence-corrected chi connectivity index (χ2v) is 4.23. The van der Waals surface area contributed by atoms with Crippen LogP contribution in [0.2, 0.25) is 0 Å². The normalized spacial score (nSPS) is 9.53. The lowest BCUT2D eigenvalue weighted by atomic mass is 10.2. The Kier molecular flexibility index (Phi) is 5.19. The number of allylic oxidation sites excluding steroid dienone is 2. The zero-order valence-electron chi connectivity index (χ0n) is 11.3. The summed E-state index contributed by atoms with van der Waals surface area (Å²) in [7, 11) is 3.59. The molecule has 1 aromatic carbocycles. The Morgan fingerprint density at radius 2 is 1.95 bits per heavy atom. The number of nitriles is 2. The minimum atomic E-state index is 0.0901. The molecule has 0 saturated heterocycles. The lowest BCUT2D eigenvalue weighted by molar-refractivity contribution is 0.527. The average molecular weight is 252 g/mol. The summed E-state index contributed by atoms with van der Waals surface area (Å²) < 4.78 is 0. The van der Waals surface area contributed by atoms with Crippen molar-refractivity contribution in [2.24, 2.45) is 0 Å². The van der Waals surface area contributed by atoms with E-state index in [-0.39, 0.29) is 5.57 Å². The van der Waals surface area contributed by atoms with E-state index >= 15 is 0 Å². The van der Waals surface area contributed by atoms with Crippen LogP contribution in [0.5, 0.6) is 0 Å². The zero-order valence-corrected chi connectivity index (χ0v) is 11.3. The van der Waals surface area contributed by atoms with Gasteiger partial charge in [0.2, 0.25) is 0 Å². The van der Waals surface area contributed by atoms with Crippen LogP contribution in [0.1, 0.15) is 5.56 Å². The molecule has 0 atom stereocenters. The summed E-state index contributed by atoms with van der Waals surface area (Å²) in [6.07, 6.45) is 3.43. The van der Waals surface area contributed by atoms with Crippen molar-refractivity contribution in [1.29, 1.82) is 10.5 Å². The van der Waals surface area contributed by atoms with Gasteiger partial charge in [0.1, 0.15) is 12.1 Å². The topological polar surface area (TPSA) is 62.9 Å².